The van der Waals surface area contributed by atoms with Gasteiger partial charge in [0.1, 0.15) is 11.6 Å². The summed E-state index contributed by atoms with van der Waals surface area (Å²) in [6, 6.07) is 1.94. The lowest BCUT2D eigenvalue weighted by molar-refractivity contribution is 0.995. The van der Waals surface area contributed by atoms with Crippen LogP contribution >= 0.6 is 11.3 Å². The van der Waals surface area contributed by atoms with E-state index in [-0.39, 0.29) is 0 Å². The molecule has 0 bridgehead atoms. The molecule has 0 amide bonds. The summed E-state index contributed by atoms with van der Waals surface area (Å²) in [6.07, 6.45) is 1.86. The lowest BCUT2D eigenvalue weighted by Gasteiger charge is -2.05. The summed E-state index contributed by atoms with van der Waals surface area (Å²) in [4.78, 5) is 13.7. The molecule has 15 heavy (non-hydrogen) atoms. The number of anilines is 1. The highest BCUT2D eigenvalue weighted by atomic mass is 32.1. The number of aromatic nitrogens is 3. The van der Waals surface area contributed by atoms with Crippen molar-refractivity contribution in [1.82, 2.24) is 15.0 Å². The number of hydrogen-bond acceptors (Lipinski definition) is 5. The van der Waals surface area contributed by atoms with Crippen LogP contribution in [-0.4, -0.2) is 15.0 Å². The fourth-order valence-corrected chi connectivity index (χ4v) is 1.85. The first-order chi connectivity index (χ1) is 7.24. The summed E-state index contributed by atoms with van der Waals surface area (Å²) in [7, 11) is 0. The first-order valence-corrected chi connectivity index (χ1v) is 5.55. The SMILES string of the molecule is Cc1cc(NCc2cncs2)nc(C)n1. The molecule has 0 saturated carbocycles. The lowest BCUT2D eigenvalue weighted by atomic mass is 10.4. The van der Waals surface area contributed by atoms with Crippen molar-refractivity contribution < 1.29 is 0 Å². The quantitative estimate of drug-likeness (QED) is 0.861. The Bertz CT molecular complexity index is 418. The van der Waals surface area contributed by atoms with E-state index in [0.29, 0.717) is 0 Å². The molecule has 0 radical (unpaired) electrons. The maximum atomic E-state index is 4.30. The minimum Gasteiger partial charge on any atom is -0.365 e. The topological polar surface area (TPSA) is 50.7 Å². The van der Waals surface area contributed by atoms with Gasteiger partial charge in [-0.15, -0.1) is 11.3 Å². The second-order valence-electron chi connectivity index (χ2n) is 3.26. The molecule has 0 saturated heterocycles. The highest BCUT2D eigenvalue weighted by Gasteiger charge is 1.99. The standard InChI is InChI=1S/C10H12N4S/c1-7-3-10(14-8(2)13-7)12-5-9-4-11-6-15-9/h3-4,6H,5H2,1-2H3,(H,12,13,14). The van der Waals surface area contributed by atoms with E-state index in [0.717, 1.165) is 23.9 Å². The van der Waals surface area contributed by atoms with Crippen LogP contribution in [0.5, 0.6) is 0 Å². The van der Waals surface area contributed by atoms with E-state index >= 15 is 0 Å². The first kappa shape index (κ1) is 10.0. The van der Waals surface area contributed by atoms with E-state index in [4.69, 9.17) is 0 Å². The molecule has 1 N–H and O–H groups in total. The summed E-state index contributed by atoms with van der Waals surface area (Å²) in [6.45, 7) is 4.62. The molecule has 0 spiro atoms. The van der Waals surface area contributed by atoms with Crippen LogP contribution in [0.3, 0.4) is 0 Å². The van der Waals surface area contributed by atoms with Crippen LogP contribution in [-0.2, 0) is 6.54 Å². The number of hydrogen-bond donors (Lipinski definition) is 1. The average molecular weight is 220 g/mol. The monoisotopic (exact) mass is 220 g/mol. The summed E-state index contributed by atoms with van der Waals surface area (Å²) >= 11 is 1.63. The number of nitrogens with zero attached hydrogens (tertiary/aromatic N) is 3. The molecular formula is C10H12N4S. The Labute approximate surface area is 92.4 Å². The molecule has 2 rings (SSSR count). The van der Waals surface area contributed by atoms with Gasteiger partial charge in [0.2, 0.25) is 0 Å². The fourth-order valence-electron chi connectivity index (χ4n) is 1.31. The minimum atomic E-state index is 0.764. The van der Waals surface area contributed by atoms with Crippen molar-refractivity contribution in [2.45, 2.75) is 20.4 Å². The minimum absolute atomic E-state index is 0.764. The maximum Gasteiger partial charge on any atom is 0.130 e. The Morgan fingerprint density at radius 1 is 1.33 bits per heavy atom. The van der Waals surface area contributed by atoms with E-state index in [1.165, 1.54) is 4.88 Å². The van der Waals surface area contributed by atoms with Gasteiger partial charge in [-0.3, -0.25) is 4.98 Å². The zero-order chi connectivity index (χ0) is 10.7. The van der Waals surface area contributed by atoms with Crippen molar-refractivity contribution in [2.75, 3.05) is 5.32 Å². The second kappa shape index (κ2) is 4.35. The van der Waals surface area contributed by atoms with E-state index in [1.807, 2.05) is 31.6 Å². The van der Waals surface area contributed by atoms with Crippen molar-refractivity contribution in [2.24, 2.45) is 0 Å². The normalized spacial score (nSPS) is 10.3. The highest BCUT2D eigenvalue weighted by molar-refractivity contribution is 7.09. The van der Waals surface area contributed by atoms with Crippen LogP contribution in [0, 0.1) is 13.8 Å². The van der Waals surface area contributed by atoms with Gasteiger partial charge in [0.25, 0.3) is 0 Å². The van der Waals surface area contributed by atoms with E-state index in [1.54, 1.807) is 11.3 Å². The summed E-state index contributed by atoms with van der Waals surface area (Å²) in [5, 5.41) is 3.25. The third-order valence-electron chi connectivity index (χ3n) is 1.89. The van der Waals surface area contributed by atoms with Crippen molar-refractivity contribution in [1.29, 1.82) is 0 Å². The molecule has 2 aromatic heterocycles. The molecular weight excluding hydrogens is 208 g/mol. The van der Waals surface area contributed by atoms with Gasteiger partial charge in [-0.05, 0) is 13.8 Å². The molecule has 0 aromatic carbocycles. The smallest absolute Gasteiger partial charge is 0.130 e. The molecule has 2 heterocycles. The predicted octanol–water partition coefficient (Wildman–Crippen LogP) is 2.16. The molecule has 0 unspecified atom stereocenters. The Kier molecular flexibility index (Phi) is 2.91. The van der Waals surface area contributed by atoms with E-state index in [9.17, 15) is 0 Å². The van der Waals surface area contributed by atoms with Crippen molar-refractivity contribution in [3.8, 4) is 0 Å². The molecule has 0 fully saturated rings. The van der Waals surface area contributed by atoms with Crippen LogP contribution in [0.4, 0.5) is 5.82 Å². The summed E-state index contributed by atoms with van der Waals surface area (Å²) in [5.74, 6) is 1.66. The van der Waals surface area contributed by atoms with Crippen LogP contribution in [0.2, 0.25) is 0 Å². The van der Waals surface area contributed by atoms with Crippen LogP contribution in [0.1, 0.15) is 16.4 Å². The maximum absolute atomic E-state index is 4.30. The van der Waals surface area contributed by atoms with E-state index < -0.39 is 0 Å². The second-order valence-corrected chi connectivity index (χ2v) is 4.23. The molecule has 0 aliphatic rings. The number of aryl methyl sites for hydroxylation is 2. The predicted molar refractivity (Wildman–Crippen MR) is 60.9 cm³/mol. The fraction of sp³-hybridized carbons (Fsp3) is 0.300. The Hall–Kier alpha value is -1.49. The van der Waals surface area contributed by atoms with Crippen LogP contribution in [0.15, 0.2) is 17.8 Å². The molecule has 0 atom stereocenters. The molecule has 0 aliphatic carbocycles. The van der Waals surface area contributed by atoms with Gasteiger partial charge in [0.15, 0.2) is 0 Å². The van der Waals surface area contributed by atoms with Crippen LogP contribution in [0.25, 0.3) is 0 Å². The van der Waals surface area contributed by atoms with Gasteiger partial charge in [-0.2, -0.15) is 0 Å². The Balaban J connectivity index is 2.05. The van der Waals surface area contributed by atoms with Crippen LogP contribution < -0.4 is 5.32 Å². The van der Waals surface area contributed by atoms with Gasteiger partial charge in [0, 0.05) is 22.8 Å². The number of thiazole rings is 1. The highest BCUT2D eigenvalue weighted by Crippen LogP contribution is 2.10. The summed E-state index contributed by atoms with van der Waals surface area (Å²) < 4.78 is 0. The molecule has 2 aromatic rings. The van der Waals surface area contributed by atoms with Crippen molar-refractivity contribution >= 4 is 17.2 Å². The molecule has 0 aliphatic heterocycles. The Morgan fingerprint density at radius 3 is 2.87 bits per heavy atom. The van der Waals surface area contributed by atoms with Gasteiger partial charge in [-0.1, -0.05) is 0 Å². The molecule has 78 valence electrons. The van der Waals surface area contributed by atoms with Gasteiger partial charge in [0.05, 0.1) is 12.1 Å². The zero-order valence-electron chi connectivity index (χ0n) is 8.69. The molecule has 4 nitrogen and oxygen atoms in total. The third kappa shape index (κ3) is 2.73. The lowest BCUT2D eigenvalue weighted by Crippen LogP contribution is -2.02. The Morgan fingerprint density at radius 2 is 2.20 bits per heavy atom. The average Bonchev–Trinajstić information content (AvgIpc) is 2.65. The van der Waals surface area contributed by atoms with Crippen molar-refractivity contribution in [3.05, 3.63) is 34.2 Å². The number of nitrogens with one attached hydrogen (secondary N) is 1. The zero-order valence-corrected chi connectivity index (χ0v) is 9.51. The first-order valence-electron chi connectivity index (χ1n) is 4.67. The van der Waals surface area contributed by atoms with E-state index in [2.05, 4.69) is 20.3 Å². The van der Waals surface area contributed by atoms with Gasteiger partial charge >= 0.3 is 0 Å². The third-order valence-corrected chi connectivity index (χ3v) is 2.67. The summed E-state index contributed by atoms with van der Waals surface area (Å²) in [5.41, 5.74) is 2.81. The van der Waals surface area contributed by atoms with Crippen molar-refractivity contribution in [3.63, 3.8) is 0 Å². The van der Waals surface area contributed by atoms with Gasteiger partial charge in [-0.25, -0.2) is 9.97 Å². The number of rotatable bonds is 3. The molecule has 5 heteroatoms. The largest absolute Gasteiger partial charge is 0.365 e. The van der Waals surface area contributed by atoms with Gasteiger partial charge < -0.3 is 5.32 Å².